The Morgan fingerprint density at radius 2 is 2.03 bits per heavy atom. The normalized spacial score (nSPS) is 15.5. The van der Waals surface area contributed by atoms with Crippen LogP contribution >= 0.6 is 0 Å². The highest BCUT2D eigenvalue weighted by Crippen LogP contribution is 2.35. The number of nitrogens with one attached hydrogen (secondary N) is 2. The van der Waals surface area contributed by atoms with Crippen LogP contribution in [-0.4, -0.2) is 26.4 Å². The Hall–Kier alpha value is -3.28. The number of H-pyrrole nitrogens is 1. The highest BCUT2D eigenvalue weighted by molar-refractivity contribution is 5.74. The van der Waals surface area contributed by atoms with Gasteiger partial charge in [-0.1, -0.05) is 48.0 Å². The maximum Gasteiger partial charge on any atom is 0.121 e. The fourth-order valence-electron chi connectivity index (χ4n) is 5.09. The van der Waals surface area contributed by atoms with Gasteiger partial charge in [0.2, 0.25) is 0 Å². The van der Waals surface area contributed by atoms with Crippen LogP contribution in [0.5, 0.6) is 0 Å². The summed E-state index contributed by atoms with van der Waals surface area (Å²) >= 11 is 0. The lowest BCUT2D eigenvalue weighted by molar-refractivity contribution is 0.153. The molecule has 2 aromatic heterocycles. The van der Waals surface area contributed by atoms with E-state index in [4.69, 9.17) is 9.97 Å². The quantitative estimate of drug-likeness (QED) is 0.256. The summed E-state index contributed by atoms with van der Waals surface area (Å²) in [5, 5.41) is 3.49. The summed E-state index contributed by atoms with van der Waals surface area (Å²) in [6, 6.07) is 19.6. The minimum Gasteiger partial charge on any atom is -0.341 e. The van der Waals surface area contributed by atoms with E-state index in [1.807, 2.05) is 18.3 Å². The van der Waals surface area contributed by atoms with Crippen molar-refractivity contribution in [1.29, 1.82) is 0 Å². The number of rotatable bonds is 9. The van der Waals surface area contributed by atoms with Crippen molar-refractivity contribution >= 4 is 11.0 Å². The molecule has 4 aromatic rings. The van der Waals surface area contributed by atoms with Crippen molar-refractivity contribution in [1.82, 2.24) is 25.2 Å². The summed E-state index contributed by atoms with van der Waals surface area (Å²) in [5.74, 6) is 1.00. The molecular formula is C29H33N5. The second-order valence-corrected chi connectivity index (χ2v) is 9.25. The van der Waals surface area contributed by atoms with E-state index >= 15 is 0 Å². The molecule has 5 nitrogen and oxygen atoms in total. The Labute approximate surface area is 202 Å². The van der Waals surface area contributed by atoms with Crippen molar-refractivity contribution in [3.8, 4) is 0 Å². The Morgan fingerprint density at radius 3 is 2.91 bits per heavy atom. The maximum absolute atomic E-state index is 4.90. The number of fused-ring (bicyclic) bond motifs is 2. The van der Waals surface area contributed by atoms with Crippen LogP contribution in [0, 0.1) is 6.92 Å². The third kappa shape index (κ3) is 4.96. The molecule has 0 saturated heterocycles. The minimum atomic E-state index is 0.272. The molecule has 1 aliphatic carbocycles. The minimum absolute atomic E-state index is 0.272. The molecule has 0 spiro atoms. The molecule has 34 heavy (non-hydrogen) atoms. The molecule has 1 atom stereocenters. The molecule has 2 aromatic carbocycles. The Bertz CT molecular complexity index is 1240. The van der Waals surface area contributed by atoms with Crippen LogP contribution in [-0.2, 0) is 26.1 Å². The third-order valence-electron chi connectivity index (χ3n) is 6.74. The van der Waals surface area contributed by atoms with E-state index < -0.39 is 0 Å². The van der Waals surface area contributed by atoms with Gasteiger partial charge in [-0.3, -0.25) is 9.88 Å². The second-order valence-electron chi connectivity index (χ2n) is 9.25. The van der Waals surface area contributed by atoms with Gasteiger partial charge in [0.1, 0.15) is 5.82 Å². The topological polar surface area (TPSA) is 56.8 Å². The molecule has 5 rings (SSSR count). The smallest absolute Gasteiger partial charge is 0.121 e. The van der Waals surface area contributed by atoms with Gasteiger partial charge in [-0.15, -0.1) is 6.58 Å². The van der Waals surface area contributed by atoms with Gasteiger partial charge < -0.3 is 10.3 Å². The summed E-state index contributed by atoms with van der Waals surface area (Å²) in [5.41, 5.74) is 8.68. The van der Waals surface area contributed by atoms with Gasteiger partial charge in [0.05, 0.1) is 29.3 Å². The summed E-state index contributed by atoms with van der Waals surface area (Å²) in [6.07, 6.45) is 7.25. The standard InChI is InChI=1S/C29H33N5/c1-3-15-30-18-24-17-21(2)13-14-23(24)19-34(20-28-32-25-10-4-5-11-26(25)33-28)27-12-6-8-22-9-7-16-31-29(22)27/h3-5,7,9-11,13-14,16-17,27,30H,1,6,8,12,15,18-20H2,2H3,(H,32,33). The number of hydrogen-bond acceptors (Lipinski definition) is 4. The number of pyridine rings is 1. The first-order chi connectivity index (χ1) is 16.7. The van der Waals surface area contributed by atoms with E-state index in [2.05, 4.69) is 77.2 Å². The molecular weight excluding hydrogens is 418 g/mol. The van der Waals surface area contributed by atoms with Gasteiger partial charge in [0.15, 0.2) is 0 Å². The number of imidazole rings is 1. The monoisotopic (exact) mass is 451 g/mol. The zero-order valence-corrected chi connectivity index (χ0v) is 19.9. The lowest BCUT2D eigenvalue weighted by Gasteiger charge is -2.35. The zero-order chi connectivity index (χ0) is 23.3. The van der Waals surface area contributed by atoms with E-state index in [0.29, 0.717) is 0 Å². The van der Waals surface area contributed by atoms with Crippen LogP contribution in [0.3, 0.4) is 0 Å². The molecule has 0 amide bonds. The Balaban J connectivity index is 1.49. The average molecular weight is 452 g/mol. The average Bonchev–Trinajstić information content (AvgIpc) is 3.27. The first-order valence-electron chi connectivity index (χ1n) is 12.2. The molecule has 0 bridgehead atoms. The number of hydrogen-bond donors (Lipinski definition) is 2. The maximum atomic E-state index is 4.90. The summed E-state index contributed by atoms with van der Waals surface area (Å²) < 4.78 is 0. The predicted octanol–water partition coefficient (Wildman–Crippen LogP) is 5.62. The predicted molar refractivity (Wildman–Crippen MR) is 138 cm³/mol. The van der Waals surface area contributed by atoms with Gasteiger partial charge in [-0.2, -0.15) is 0 Å². The van der Waals surface area contributed by atoms with Crippen LogP contribution in [0.1, 0.15) is 52.7 Å². The SMILES string of the molecule is C=CCNCc1cc(C)ccc1CN(Cc1nc2ccccc2[nH]1)C1CCCc2cccnc21. The van der Waals surface area contributed by atoms with Crippen molar-refractivity contribution < 1.29 is 0 Å². The highest BCUT2D eigenvalue weighted by atomic mass is 15.2. The molecule has 0 aliphatic heterocycles. The van der Waals surface area contributed by atoms with E-state index in [1.165, 1.54) is 34.4 Å². The third-order valence-corrected chi connectivity index (χ3v) is 6.74. The molecule has 5 heteroatoms. The van der Waals surface area contributed by atoms with E-state index in [9.17, 15) is 0 Å². The van der Waals surface area contributed by atoms with Crippen molar-refractivity contribution in [2.45, 2.75) is 51.9 Å². The second kappa shape index (κ2) is 10.3. The zero-order valence-electron chi connectivity index (χ0n) is 19.9. The number of benzene rings is 2. The first kappa shape index (κ1) is 22.5. The van der Waals surface area contributed by atoms with Crippen molar-refractivity contribution in [2.24, 2.45) is 0 Å². The molecule has 2 heterocycles. The lowest BCUT2D eigenvalue weighted by Crippen LogP contribution is -2.32. The summed E-state index contributed by atoms with van der Waals surface area (Å²) in [4.78, 5) is 15.9. The first-order valence-corrected chi connectivity index (χ1v) is 12.2. The largest absolute Gasteiger partial charge is 0.341 e. The van der Waals surface area contributed by atoms with Gasteiger partial charge >= 0.3 is 0 Å². The number of aromatic amines is 1. The van der Waals surface area contributed by atoms with Gasteiger partial charge in [0.25, 0.3) is 0 Å². The molecule has 0 saturated carbocycles. The van der Waals surface area contributed by atoms with Crippen molar-refractivity contribution in [3.63, 3.8) is 0 Å². The molecule has 2 N–H and O–H groups in total. The van der Waals surface area contributed by atoms with E-state index in [-0.39, 0.29) is 6.04 Å². The number of para-hydroxylation sites is 2. The molecule has 0 fully saturated rings. The molecule has 1 aliphatic rings. The van der Waals surface area contributed by atoms with Crippen molar-refractivity contribution in [3.05, 3.63) is 107 Å². The van der Waals surface area contributed by atoms with Crippen molar-refractivity contribution in [2.75, 3.05) is 6.54 Å². The van der Waals surface area contributed by atoms with Gasteiger partial charge in [0, 0.05) is 25.8 Å². The Morgan fingerprint density at radius 1 is 1.12 bits per heavy atom. The fraction of sp³-hybridized carbons (Fsp3) is 0.310. The van der Waals surface area contributed by atoms with Crippen LogP contribution in [0.4, 0.5) is 0 Å². The summed E-state index contributed by atoms with van der Waals surface area (Å²) in [6.45, 7) is 9.24. The highest BCUT2D eigenvalue weighted by Gasteiger charge is 2.28. The van der Waals surface area contributed by atoms with E-state index in [0.717, 1.165) is 55.9 Å². The van der Waals surface area contributed by atoms with Crippen LogP contribution in [0.25, 0.3) is 11.0 Å². The fourth-order valence-corrected chi connectivity index (χ4v) is 5.09. The Kier molecular flexibility index (Phi) is 6.84. The van der Waals surface area contributed by atoms with Crippen LogP contribution in [0.15, 0.2) is 73.4 Å². The molecule has 1 unspecified atom stereocenters. The van der Waals surface area contributed by atoms with Crippen LogP contribution in [0.2, 0.25) is 0 Å². The van der Waals surface area contributed by atoms with E-state index in [1.54, 1.807) is 0 Å². The van der Waals surface area contributed by atoms with Crippen LogP contribution < -0.4 is 5.32 Å². The lowest BCUT2D eigenvalue weighted by atomic mass is 9.90. The number of nitrogens with zero attached hydrogens (tertiary/aromatic N) is 3. The number of aromatic nitrogens is 3. The summed E-state index contributed by atoms with van der Waals surface area (Å²) in [7, 11) is 0. The molecule has 174 valence electrons. The van der Waals surface area contributed by atoms with Gasteiger partial charge in [-0.25, -0.2) is 4.98 Å². The van der Waals surface area contributed by atoms with Gasteiger partial charge in [-0.05, 0) is 61.1 Å². The number of aryl methyl sites for hydroxylation is 2. The molecule has 0 radical (unpaired) electrons.